The van der Waals surface area contributed by atoms with Gasteiger partial charge in [-0.25, -0.2) is 9.48 Å². The minimum absolute atomic E-state index is 0.0213. The molecule has 0 saturated carbocycles. The summed E-state index contributed by atoms with van der Waals surface area (Å²) in [7, 11) is 0. The van der Waals surface area contributed by atoms with Crippen molar-refractivity contribution in [3.63, 3.8) is 0 Å². The Hall–Kier alpha value is -2.22. The molecule has 3 rings (SSSR count). The molecule has 0 aliphatic carbocycles. The topological polar surface area (TPSA) is 88.3 Å². The van der Waals surface area contributed by atoms with Crippen molar-refractivity contribution in [2.75, 3.05) is 13.1 Å². The van der Waals surface area contributed by atoms with E-state index in [4.69, 9.17) is 0 Å². The molecule has 3 heterocycles. The Kier molecular flexibility index (Phi) is 3.23. The van der Waals surface area contributed by atoms with Crippen LogP contribution in [0.25, 0.3) is 10.6 Å². The van der Waals surface area contributed by atoms with Crippen LogP contribution in [0.1, 0.15) is 16.9 Å². The minimum Gasteiger partial charge on any atom is -0.476 e. The first-order chi connectivity index (χ1) is 9.66. The van der Waals surface area contributed by atoms with E-state index in [9.17, 15) is 14.7 Å². The first kappa shape index (κ1) is 12.8. The zero-order valence-corrected chi connectivity index (χ0v) is 11.3. The predicted octanol–water partition coefficient (Wildman–Crippen LogP) is 0.937. The minimum atomic E-state index is -1.14. The molecule has 0 aromatic carbocycles. The molecule has 0 bridgehead atoms. The quantitative estimate of drug-likeness (QED) is 0.906. The van der Waals surface area contributed by atoms with Gasteiger partial charge in [0.1, 0.15) is 12.2 Å². The molecule has 1 saturated heterocycles. The number of likely N-dealkylation sites (tertiary alicyclic amines) is 1. The molecule has 8 heteroatoms. The Morgan fingerprint density at radius 1 is 1.40 bits per heavy atom. The Morgan fingerprint density at radius 2 is 2.20 bits per heavy atom. The van der Waals surface area contributed by atoms with Gasteiger partial charge in [-0.05, 0) is 17.9 Å². The van der Waals surface area contributed by atoms with Gasteiger partial charge in [-0.1, -0.05) is 11.3 Å². The second-order valence-corrected chi connectivity index (χ2v) is 5.41. The monoisotopic (exact) mass is 292 g/mol. The Morgan fingerprint density at radius 3 is 2.75 bits per heavy atom. The molecule has 0 spiro atoms. The van der Waals surface area contributed by atoms with Gasteiger partial charge in [0.05, 0.1) is 4.88 Å². The summed E-state index contributed by atoms with van der Waals surface area (Å²) in [4.78, 5) is 25.7. The molecule has 1 aliphatic heterocycles. The molecule has 0 unspecified atom stereocenters. The number of rotatable bonds is 4. The zero-order valence-electron chi connectivity index (χ0n) is 10.5. The van der Waals surface area contributed by atoms with Gasteiger partial charge in [0.25, 0.3) is 0 Å². The van der Waals surface area contributed by atoms with Crippen LogP contribution in [-0.2, 0) is 11.3 Å². The van der Waals surface area contributed by atoms with Crippen molar-refractivity contribution in [1.29, 1.82) is 0 Å². The summed E-state index contributed by atoms with van der Waals surface area (Å²) in [6.07, 6.45) is 1.02. The van der Waals surface area contributed by atoms with E-state index in [0.29, 0.717) is 5.69 Å². The highest BCUT2D eigenvalue weighted by molar-refractivity contribution is 7.13. The van der Waals surface area contributed by atoms with Crippen LogP contribution in [0, 0.1) is 0 Å². The van der Waals surface area contributed by atoms with E-state index in [-0.39, 0.29) is 18.1 Å². The summed E-state index contributed by atoms with van der Waals surface area (Å²) in [5.74, 6) is -1.20. The average Bonchev–Trinajstić information content (AvgIpc) is 2.93. The molecule has 0 radical (unpaired) electrons. The van der Waals surface area contributed by atoms with E-state index in [1.165, 1.54) is 16.0 Å². The average molecular weight is 292 g/mol. The van der Waals surface area contributed by atoms with Crippen molar-refractivity contribution in [2.24, 2.45) is 0 Å². The van der Waals surface area contributed by atoms with E-state index in [0.717, 1.165) is 24.4 Å². The fraction of sp³-hybridized carbons (Fsp3) is 0.333. The highest BCUT2D eigenvalue weighted by atomic mass is 32.1. The highest BCUT2D eigenvalue weighted by Gasteiger charge is 2.25. The number of amides is 1. The van der Waals surface area contributed by atoms with E-state index < -0.39 is 5.97 Å². The summed E-state index contributed by atoms with van der Waals surface area (Å²) in [5, 5.41) is 18.5. The maximum Gasteiger partial charge on any atom is 0.358 e. The van der Waals surface area contributed by atoms with E-state index in [1.54, 1.807) is 11.0 Å². The Balaban J connectivity index is 1.94. The van der Waals surface area contributed by atoms with Gasteiger partial charge in [-0.3, -0.25) is 4.79 Å². The summed E-state index contributed by atoms with van der Waals surface area (Å²) in [6.45, 7) is 1.54. The number of carboxylic acid groups (broad SMARTS) is 1. The van der Waals surface area contributed by atoms with E-state index in [2.05, 4.69) is 10.3 Å². The van der Waals surface area contributed by atoms with Gasteiger partial charge < -0.3 is 10.0 Å². The zero-order chi connectivity index (χ0) is 14.1. The molecular weight excluding hydrogens is 280 g/mol. The lowest BCUT2D eigenvalue weighted by molar-refractivity contribution is -0.135. The Bertz CT molecular complexity index is 646. The number of thiophene rings is 1. The number of aromatic carboxylic acids is 1. The number of carbonyl (C=O) groups is 2. The molecule has 1 fully saturated rings. The normalized spacial score (nSPS) is 14.1. The van der Waals surface area contributed by atoms with Crippen LogP contribution in [0.2, 0.25) is 0 Å². The predicted molar refractivity (Wildman–Crippen MR) is 71.5 cm³/mol. The van der Waals surface area contributed by atoms with Crippen LogP contribution in [0.4, 0.5) is 0 Å². The van der Waals surface area contributed by atoms with Crippen molar-refractivity contribution in [3.05, 3.63) is 23.2 Å². The third kappa shape index (κ3) is 2.18. The molecule has 1 amide bonds. The molecule has 1 aliphatic rings. The second-order valence-electron chi connectivity index (χ2n) is 4.46. The van der Waals surface area contributed by atoms with Crippen LogP contribution in [0.5, 0.6) is 0 Å². The lowest BCUT2D eigenvalue weighted by atomic mass is 10.2. The molecule has 0 atom stereocenters. The molecule has 20 heavy (non-hydrogen) atoms. The SMILES string of the molecule is O=C(O)c1nnn(CC(=O)N2CCC2)c1-c1cccs1. The molecule has 2 aromatic rings. The number of hydrogen-bond acceptors (Lipinski definition) is 5. The maximum absolute atomic E-state index is 12.0. The first-order valence-electron chi connectivity index (χ1n) is 6.15. The van der Waals surface area contributed by atoms with E-state index in [1.807, 2.05) is 11.4 Å². The lowest BCUT2D eigenvalue weighted by Gasteiger charge is -2.30. The van der Waals surface area contributed by atoms with Crippen molar-refractivity contribution in [2.45, 2.75) is 13.0 Å². The lowest BCUT2D eigenvalue weighted by Crippen LogP contribution is -2.43. The van der Waals surface area contributed by atoms with Gasteiger partial charge >= 0.3 is 5.97 Å². The van der Waals surface area contributed by atoms with Gasteiger partial charge in [0.2, 0.25) is 5.91 Å². The standard InChI is InChI=1S/C12H12N4O3S/c17-9(15-4-2-5-15)7-16-11(8-3-1-6-20-8)10(12(18)19)13-14-16/h1,3,6H,2,4-5,7H2,(H,18,19). The van der Waals surface area contributed by atoms with Crippen LogP contribution in [-0.4, -0.2) is 50.0 Å². The van der Waals surface area contributed by atoms with Crippen LogP contribution in [0.15, 0.2) is 17.5 Å². The Labute approximate surface area is 118 Å². The number of nitrogens with zero attached hydrogens (tertiary/aromatic N) is 4. The molecular formula is C12H12N4O3S. The largest absolute Gasteiger partial charge is 0.476 e. The van der Waals surface area contributed by atoms with Crippen molar-refractivity contribution >= 4 is 23.2 Å². The first-order valence-corrected chi connectivity index (χ1v) is 7.03. The van der Waals surface area contributed by atoms with Crippen molar-refractivity contribution < 1.29 is 14.7 Å². The smallest absolute Gasteiger partial charge is 0.358 e. The number of hydrogen-bond donors (Lipinski definition) is 1. The molecule has 2 aromatic heterocycles. The number of carbonyl (C=O) groups excluding carboxylic acids is 1. The summed E-state index contributed by atoms with van der Waals surface area (Å²) < 4.78 is 1.37. The van der Waals surface area contributed by atoms with Crippen LogP contribution >= 0.6 is 11.3 Å². The summed E-state index contributed by atoms with van der Waals surface area (Å²) >= 11 is 1.39. The number of aromatic nitrogens is 3. The fourth-order valence-electron chi connectivity index (χ4n) is 2.02. The number of carboxylic acids is 1. The molecule has 1 N–H and O–H groups in total. The third-order valence-corrected chi connectivity index (χ3v) is 4.06. The van der Waals surface area contributed by atoms with Crippen LogP contribution in [0.3, 0.4) is 0 Å². The summed E-state index contributed by atoms with van der Waals surface area (Å²) in [5.41, 5.74) is 0.269. The van der Waals surface area contributed by atoms with Gasteiger partial charge in [0, 0.05) is 13.1 Å². The molecule has 7 nitrogen and oxygen atoms in total. The summed E-state index contributed by atoms with van der Waals surface area (Å²) in [6, 6.07) is 3.61. The third-order valence-electron chi connectivity index (χ3n) is 3.19. The van der Waals surface area contributed by atoms with Crippen molar-refractivity contribution in [3.8, 4) is 10.6 Å². The second kappa shape index (κ2) is 5.04. The van der Waals surface area contributed by atoms with Crippen LogP contribution < -0.4 is 0 Å². The highest BCUT2D eigenvalue weighted by Crippen LogP contribution is 2.27. The van der Waals surface area contributed by atoms with Gasteiger partial charge in [-0.15, -0.1) is 16.4 Å². The van der Waals surface area contributed by atoms with E-state index >= 15 is 0 Å². The van der Waals surface area contributed by atoms with Crippen molar-refractivity contribution in [1.82, 2.24) is 19.9 Å². The fourth-order valence-corrected chi connectivity index (χ4v) is 2.79. The van der Waals surface area contributed by atoms with Gasteiger partial charge in [0.15, 0.2) is 5.69 Å². The maximum atomic E-state index is 12.0. The molecule has 104 valence electrons. The van der Waals surface area contributed by atoms with Gasteiger partial charge in [-0.2, -0.15) is 0 Å².